The average molecular weight is 285 g/mol. The number of β-amino-alcohol motifs (C(OH)–C–C–N with tert-alkyl or cyclic N) is 1. The molecule has 2 atom stereocenters. The topological polar surface area (TPSA) is 87.1 Å². The maximum absolute atomic E-state index is 12.1. The fraction of sp³-hybridized carbons (Fsp3) is 0.714. The first-order chi connectivity index (χ1) is 9.03. The number of hydrogen-bond donors (Lipinski definition) is 2. The zero-order valence-electron chi connectivity index (χ0n) is 12.6. The van der Waals surface area contributed by atoms with Gasteiger partial charge in [0.05, 0.1) is 12.6 Å². The maximum Gasteiger partial charge on any atom is 0.411 e. The van der Waals surface area contributed by atoms with E-state index in [4.69, 9.17) is 4.74 Å². The van der Waals surface area contributed by atoms with Gasteiger partial charge < -0.3 is 14.9 Å². The first-order valence-electron chi connectivity index (χ1n) is 6.65. The molecule has 2 N–H and O–H groups in total. The number of likely N-dealkylation sites (tertiary alicyclic amines) is 1. The van der Waals surface area contributed by atoms with Gasteiger partial charge in [-0.2, -0.15) is 0 Å². The molecule has 1 fully saturated rings. The second-order valence-electron chi connectivity index (χ2n) is 6.30. The molecule has 114 valence electrons. The van der Waals surface area contributed by atoms with Crippen LogP contribution in [-0.2, 0) is 9.53 Å². The average Bonchev–Trinajstić information content (AvgIpc) is 2.53. The van der Waals surface area contributed by atoms with Crippen LogP contribution in [0.1, 0.15) is 34.6 Å². The van der Waals surface area contributed by atoms with Gasteiger partial charge in [0, 0.05) is 0 Å². The lowest BCUT2D eigenvalue weighted by atomic mass is 10.0. The van der Waals surface area contributed by atoms with Gasteiger partial charge in [0.2, 0.25) is 0 Å². The molecule has 0 aromatic rings. The molecule has 0 saturated carbocycles. The highest BCUT2D eigenvalue weighted by molar-refractivity contribution is 5.85. The molecule has 6 nitrogen and oxygen atoms in total. The second-order valence-corrected chi connectivity index (χ2v) is 6.30. The lowest BCUT2D eigenvalue weighted by Gasteiger charge is -2.26. The van der Waals surface area contributed by atoms with Crippen LogP contribution in [-0.4, -0.2) is 51.5 Å². The third-order valence-corrected chi connectivity index (χ3v) is 2.77. The predicted molar refractivity (Wildman–Crippen MR) is 73.3 cm³/mol. The Kier molecular flexibility index (Phi) is 4.81. The Morgan fingerprint density at radius 2 is 1.95 bits per heavy atom. The van der Waals surface area contributed by atoms with Gasteiger partial charge in [-0.3, -0.25) is 4.90 Å². The Hall–Kier alpha value is -1.56. The lowest BCUT2D eigenvalue weighted by molar-refractivity contribution is -0.140. The molecule has 1 aliphatic rings. The van der Waals surface area contributed by atoms with Gasteiger partial charge in [0.15, 0.2) is 6.04 Å². The number of carboxylic acid groups (broad SMARTS) is 1. The van der Waals surface area contributed by atoms with E-state index in [9.17, 15) is 19.8 Å². The number of aliphatic hydroxyl groups excluding tert-OH is 1. The van der Waals surface area contributed by atoms with Crippen molar-refractivity contribution in [2.75, 3.05) is 6.54 Å². The highest BCUT2D eigenvalue weighted by Gasteiger charge is 2.44. The molecule has 6 heteroatoms. The van der Waals surface area contributed by atoms with E-state index in [1.54, 1.807) is 26.8 Å². The van der Waals surface area contributed by atoms with E-state index < -0.39 is 29.8 Å². The number of carboxylic acids is 1. The summed E-state index contributed by atoms with van der Waals surface area (Å²) in [5.41, 5.74) is -0.367. The van der Waals surface area contributed by atoms with Gasteiger partial charge in [-0.15, -0.1) is 0 Å². The number of allylic oxidation sites excluding steroid dienone is 1. The van der Waals surface area contributed by atoms with Gasteiger partial charge >= 0.3 is 12.1 Å². The van der Waals surface area contributed by atoms with Crippen LogP contribution in [0.5, 0.6) is 0 Å². The zero-order chi connectivity index (χ0) is 15.7. The minimum atomic E-state index is -1.17. The van der Waals surface area contributed by atoms with Crippen molar-refractivity contribution >= 4 is 12.1 Å². The van der Waals surface area contributed by atoms with Crippen LogP contribution < -0.4 is 0 Å². The highest BCUT2D eigenvalue weighted by Crippen LogP contribution is 2.27. The number of carbonyl (C=O) groups is 2. The molecule has 0 aromatic heterocycles. The molecule has 1 rings (SSSR count). The molecule has 1 saturated heterocycles. The minimum absolute atomic E-state index is 0.0650. The number of carbonyl (C=O) groups excluding carboxylic acids is 1. The Labute approximate surface area is 119 Å². The van der Waals surface area contributed by atoms with Crippen molar-refractivity contribution in [1.29, 1.82) is 0 Å². The first-order valence-corrected chi connectivity index (χ1v) is 6.65. The summed E-state index contributed by atoms with van der Waals surface area (Å²) in [5, 5.41) is 19.3. The van der Waals surface area contributed by atoms with Crippen LogP contribution >= 0.6 is 0 Å². The fourth-order valence-corrected chi connectivity index (χ4v) is 2.12. The van der Waals surface area contributed by atoms with Crippen LogP contribution in [0.25, 0.3) is 0 Å². The summed E-state index contributed by atoms with van der Waals surface area (Å²) in [6, 6.07) is -1.16. The third kappa shape index (κ3) is 3.96. The number of aliphatic carboxylic acids is 1. The summed E-state index contributed by atoms with van der Waals surface area (Å²) in [5.74, 6) is -1.08. The van der Waals surface area contributed by atoms with Crippen LogP contribution in [0.15, 0.2) is 11.6 Å². The van der Waals surface area contributed by atoms with E-state index in [1.165, 1.54) is 0 Å². The van der Waals surface area contributed by atoms with E-state index in [2.05, 4.69) is 0 Å². The Morgan fingerprint density at radius 3 is 2.35 bits per heavy atom. The van der Waals surface area contributed by atoms with Crippen LogP contribution in [0.3, 0.4) is 0 Å². The van der Waals surface area contributed by atoms with E-state index in [0.29, 0.717) is 5.57 Å². The second kappa shape index (κ2) is 5.83. The number of nitrogens with zero attached hydrogens (tertiary/aromatic N) is 1. The summed E-state index contributed by atoms with van der Waals surface area (Å²) < 4.78 is 5.19. The largest absolute Gasteiger partial charge is 0.479 e. The van der Waals surface area contributed by atoms with Crippen molar-refractivity contribution in [3.05, 3.63) is 11.6 Å². The van der Waals surface area contributed by atoms with Gasteiger partial charge in [0.25, 0.3) is 0 Å². The van der Waals surface area contributed by atoms with Crippen molar-refractivity contribution in [2.45, 2.75) is 52.4 Å². The quantitative estimate of drug-likeness (QED) is 0.753. The standard InChI is InChI=1S/C14H23NO5/c1-8(2)6-9-10(16)7-15(11(9)12(17)18)13(19)20-14(3,4)5/h6,8,10-11,16H,7H2,1-5H3,(H,17,18)/b9-6-/t10-,11-/m0/s1. The first kappa shape index (κ1) is 16.5. The van der Waals surface area contributed by atoms with E-state index in [0.717, 1.165) is 4.90 Å². The van der Waals surface area contributed by atoms with Crippen molar-refractivity contribution in [3.8, 4) is 0 Å². The van der Waals surface area contributed by atoms with Crippen LogP contribution in [0, 0.1) is 5.92 Å². The molecule has 1 amide bonds. The van der Waals surface area contributed by atoms with E-state index in [-0.39, 0.29) is 12.5 Å². The molecular weight excluding hydrogens is 262 g/mol. The van der Waals surface area contributed by atoms with E-state index >= 15 is 0 Å². The highest BCUT2D eigenvalue weighted by atomic mass is 16.6. The van der Waals surface area contributed by atoms with Crippen LogP contribution in [0.2, 0.25) is 0 Å². The molecular formula is C14H23NO5. The molecule has 0 bridgehead atoms. The van der Waals surface area contributed by atoms with Gasteiger partial charge in [-0.25, -0.2) is 9.59 Å². The number of aliphatic hydroxyl groups is 1. The van der Waals surface area contributed by atoms with Gasteiger partial charge in [-0.1, -0.05) is 19.9 Å². The minimum Gasteiger partial charge on any atom is -0.479 e. The number of hydrogen-bond acceptors (Lipinski definition) is 4. The molecule has 0 aromatic carbocycles. The monoisotopic (exact) mass is 285 g/mol. The van der Waals surface area contributed by atoms with Crippen molar-refractivity contribution in [2.24, 2.45) is 5.92 Å². The van der Waals surface area contributed by atoms with E-state index in [1.807, 2.05) is 13.8 Å². The predicted octanol–water partition coefficient (Wildman–Crippen LogP) is 1.63. The number of amides is 1. The van der Waals surface area contributed by atoms with Crippen LogP contribution in [0.4, 0.5) is 4.79 Å². The molecule has 20 heavy (non-hydrogen) atoms. The zero-order valence-corrected chi connectivity index (χ0v) is 12.6. The van der Waals surface area contributed by atoms with Gasteiger partial charge in [-0.05, 0) is 32.3 Å². The Morgan fingerprint density at radius 1 is 1.40 bits per heavy atom. The molecule has 1 aliphatic heterocycles. The van der Waals surface area contributed by atoms with Crippen molar-refractivity contribution in [1.82, 2.24) is 4.90 Å². The Balaban J connectivity index is 3.04. The van der Waals surface area contributed by atoms with Crippen molar-refractivity contribution < 1.29 is 24.5 Å². The molecule has 0 unspecified atom stereocenters. The van der Waals surface area contributed by atoms with Crippen molar-refractivity contribution in [3.63, 3.8) is 0 Å². The Bertz CT molecular complexity index is 422. The number of rotatable bonds is 2. The lowest BCUT2D eigenvalue weighted by Crippen LogP contribution is -2.44. The normalized spacial score (nSPS) is 25.4. The molecule has 0 aliphatic carbocycles. The molecule has 1 heterocycles. The smallest absolute Gasteiger partial charge is 0.411 e. The summed E-state index contributed by atoms with van der Waals surface area (Å²) >= 11 is 0. The van der Waals surface area contributed by atoms with Gasteiger partial charge in [0.1, 0.15) is 5.60 Å². The summed E-state index contributed by atoms with van der Waals surface area (Å²) in [6.45, 7) is 8.82. The fourth-order valence-electron chi connectivity index (χ4n) is 2.12. The maximum atomic E-state index is 12.1. The summed E-state index contributed by atoms with van der Waals surface area (Å²) in [6.07, 6.45) is -0.00416. The molecule has 0 radical (unpaired) electrons. The molecule has 0 spiro atoms. The summed E-state index contributed by atoms with van der Waals surface area (Å²) in [7, 11) is 0. The number of ether oxygens (including phenoxy) is 1. The third-order valence-electron chi connectivity index (χ3n) is 2.77. The summed E-state index contributed by atoms with van der Waals surface area (Å²) in [4.78, 5) is 24.5. The SMILES string of the molecule is CC(C)/C=C1\[C@@H](C(=O)O)N(C(=O)OC(C)(C)C)C[C@@H]1O.